The van der Waals surface area contributed by atoms with Crippen LogP contribution in [0.5, 0.6) is 0 Å². The minimum absolute atomic E-state index is 0.0636. The monoisotopic (exact) mass is 891 g/mol. The quantitative estimate of drug-likeness (QED) is 0.0344. The number of esters is 3. The Morgan fingerprint density at radius 2 is 0.603 bits per heavy atom. The molecule has 0 aliphatic heterocycles. The zero-order valence-corrected chi connectivity index (χ0v) is 43.2. The van der Waals surface area contributed by atoms with Gasteiger partial charge in [0.1, 0.15) is 13.2 Å². The second-order valence-corrected chi connectivity index (χ2v) is 20.3. The fourth-order valence-corrected chi connectivity index (χ4v) is 8.66. The Balaban J connectivity index is 4.23. The average Bonchev–Trinajstić information content (AvgIpc) is 3.27. The lowest BCUT2D eigenvalue weighted by Crippen LogP contribution is -2.30. The van der Waals surface area contributed by atoms with Gasteiger partial charge in [-0.3, -0.25) is 14.4 Å². The Hall–Kier alpha value is -1.59. The first kappa shape index (κ1) is 61.4. The topological polar surface area (TPSA) is 78.9 Å². The summed E-state index contributed by atoms with van der Waals surface area (Å²) in [5.74, 6) is 0.827. The fourth-order valence-electron chi connectivity index (χ4n) is 8.66. The molecule has 1 unspecified atom stereocenters. The highest BCUT2D eigenvalue weighted by atomic mass is 16.6. The molecule has 0 bridgehead atoms. The molecule has 374 valence electrons. The molecule has 0 aliphatic rings. The van der Waals surface area contributed by atoms with Crippen LogP contribution in [0, 0.1) is 11.8 Å². The molecule has 0 aliphatic carbocycles. The number of rotatable bonds is 51. The fraction of sp³-hybridized carbons (Fsp3) is 0.947. The van der Waals surface area contributed by atoms with Crippen molar-refractivity contribution < 1.29 is 28.6 Å². The molecule has 0 saturated heterocycles. The lowest BCUT2D eigenvalue weighted by atomic mass is 10.00. The Morgan fingerprint density at radius 3 is 0.905 bits per heavy atom. The summed E-state index contributed by atoms with van der Waals surface area (Å²) in [5, 5.41) is 0. The number of hydrogen-bond donors (Lipinski definition) is 0. The Kier molecular flexibility index (Phi) is 48.6. The van der Waals surface area contributed by atoms with Crippen LogP contribution < -0.4 is 0 Å². The van der Waals surface area contributed by atoms with Crippen LogP contribution >= 0.6 is 0 Å². The maximum atomic E-state index is 12.8. The van der Waals surface area contributed by atoms with E-state index in [2.05, 4.69) is 34.6 Å². The largest absolute Gasteiger partial charge is 0.462 e. The Labute approximate surface area is 393 Å². The van der Waals surface area contributed by atoms with Crippen LogP contribution in [-0.2, 0) is 28.6 Å². The van der Waals surface area contributed by atoms with Gasteiger partial charge < -0.3 is 14.2 Å². The van der Waals surface area contributed by atoms with Gasteiger partial charge in [-0.25, -0.2) is 0 Å². The standard InChI is InChI=1S/C57H110O6/c1-6-8-9-10-11-12-13-14-22-25-28-31-37-42-47-55(58)61-50-54(51-62-56(59)48-43-38-34-33-36-41-46-53(5)7-2)63-57(60)49-44-39-32-29-26-23-20-18-16-15-17-19-21-24-27-30-35-40-45-52(3)4/h52-54H,6-51H2,1-5H3/t53?,54-/m1/s1. The third-order valence-corrected chi connectivity index (χ3v) is 13.3. The summed E-state index contributed by atoms with van der Waals surface area (Å²) in [6, 6.07) is 0. The molecule has 0 fully saturated rings. The van der Waals surface area contributed by atoms with Crippen LogP contribution in [0.4, 0.5) is 0 Å². The zero-order valence-electron chi connectivity index (χ0n) is 43.2. The van der Waals surface area contributed by atoms with Crippen molar-refractivity contribution in [1.29, 1.82) is 0 Å². The van der Waals surface area contributed by atoms with E-state index in [1.807, 2.05) is 0 Å². The van der Waals surface area contributed by atoms with Gasteiger partial charge in [0.05, 0.1) is 0 Å². The molecule has 63 heavy (non-hydrogen) atoms. The number of unbranched alkanes of at least 4 members (excludes halogenated alkanes) is 35. The minimum Gasteiger partial charge on any atom is -0.462 e. The van der Waals surface area contributed by atoms with E-state index < -0.39 is 6.10 Å². The van der Waals surface area contributed by atoms with Gasteiger partial charge in [-0.2, -0.15) is 0 Å². The predicted octanol–water partition coefficient (Wildman–Crippen LogP) is 18.5. The Bertz CT molecular complexity index is 964. The van der Waals surface area contributed by atoms with Gasteiger partial charge >= 0.3 is 17.9 Å². The molecule has 0 spiro atoms. The summed E-state index contributed by atoms with van der Waals surface area (Å²) >= 11 is 0. The molecule has 0 amide bonds. The van der Waals surface area contributed by atoms with E-state index in [0.29, 0.717) is 19.3 Å². The van der Waals surface area contributed by atoms with E-state index in [-0.39, 0.29) is 31.1 Å². The van der Waals surface area contributed by atoms with E-state index in [1.165, 1.54) is 205 Å². The van der Waals surface area contributed by atoms with Crippen molar-refractivity contribution in [2.45, 2.75) is 323 Å². The summed E-state index contributed by atoms with van der Waals surface area (Å²) in [5.41, 5.74) is 0. The van der Waals surface area contributed by atoms with Crippen LogP contribution in [0.3, 0.4) is 0 Å². The van der Waals surface area contributed by atoms with Crippen LogP contribution in [0.15, 0.2) is 0 Å². The number of carbonyl (C=O) groups is 3. The molecular weight excluding hydrogens is 781 g/mol. The van der Waals surface area contributed by atoms with Crippen molar-refractivity contribution in [2.75, 3.05) is 13.2 Å². The van der Waals surface area contributed by atoms with Crippen LogP contribution in [0.25, 0.3) is 0 Å². The first-order chi connectivity index (χ1) is 30.8. The molecule has 0 heterocycles. The van der Waals surface area contributed by atoms with Gasteiger partial charge in [0.2, 0.25) is 0 Å². The zero-order chi connectivity index (χ0) is 46.1. The first-order valence-electron chi connectivity index (χ1n) is 28.3. The second kappa shape index (κ2) is 49.8. The predicted molar refractivity (Wildman–Crippen MR) is 270 cm³/mol. The lowest BCUT2D eigenvalue weighted by molar-refractivity contribution is -0.167. The normalized spacial score (nSPS) is 12.5. The summed E-state index contributed by atoms with van der Waals surface area (Å²) in [4.78, 5) is 38.0. The molecule has 0 aromatic carbocycles. The highest BCUT2D eigenvalue weighted by Gasteiger charge is 2.19. The van der Waals surface area contributed by atoms with Gasteiger partial charge in [0, 0.05) is 19.3 Å². The summed E-state index contributed by atoms with van der Waals surface area (Å²) in [7, 11) is 0. The van der Waals surface area contributed by atoms with Crippen LogP contribution in [0.2, 0.25) is 0 Å². The van der Waals surface area contributed by atoms with Crippen LogP contribution in [-0.4, -0.2) is 37.2 Å². The molecule has 6 heteroatoms. The average molecular weight is 892 g/mol. The molecule has 0 N–H and O–H groups in total. The van der Waals surface area contributed by atoms with E-state index in [9.17, 15) is 14.4 Å². The summed E-state index contributed by atoms with van der Waals surface area (Å²) < 4.78 is 16.8. The summed E-state index contributed by atoms with van der Waals surface area (Å²) in [6.45, 7) is 11.4. The van der Waals surface area contributed by atoms with Gasteiger partial charge in [-0.05, 0) is 31.1 Å². The molecular formula is C57H110O6. The smallest absolute Gasteiger partial charge is 0.306 e. The van der Waals surface area contributed by atoms with E-state index in [1.54, 1.807) is 0 Å². The van der Waals surface area contributed by atoms with Gasteiger partial charge in [0.25, 0.3) is 0 Å². The number of hydrogen-bond acceptors (Lipinski definition) is 6. The van der Waals surface area contributed by atoms with E-state index in [0.717, 1.165) is 69.6 Å². The van der Waals surface area contributed by atoms with E-state index in [4.69, 9.17) is 14.2 Å². The lowest BCUT2D eigenvalue weighted by Gasteiger charge is -2.18. The molecule has 0 rings (SSSR count). The van der Waals surface area contributed by atoms with Crippen molar-refractivity contribution in [3.05, 3.63) is 0 Å². The second-order valence-electron chi connectivity index (χ2n) is 20.3. The molecule has 0 saturated carbocycles. The van der Waals surface area contributed by atoms with Crippen molar-refractivity contribution >= 4 is 17.9 Å². The maximum absolute atomic E-state index is 12.8. The molecule has 0 aromatic heterocycles. The number of carbonyl (C=O) groups excluding carboxylic acids is 3. The van der Waals surface area contributed by atoms with Gasteiger partial charge in [0.15, 0.2) is 6.10 Å². The number of ether oxygens (including phenoxy) is 3. The first-order valence-corrected chi connectivity index (χ1v) is 28.3. The van der Waals surface area contributed by atoms with Crippen molar-refractivity contribution in [1.82, 2.24) is 0 Å². The van der Waals surface area contributed by atoms with Crippen molar-refractivity contribution in [3.8, 4) is 0 Å². The van der Waals surface area contributed by atoms with E-state index >= 15 is 0 Å². The van der Waals surface area contributed by atoms with Crippen LogP contribution in [0.1, 0.15) is 317 Å². The third kappa shape index (κ3) is 49.7. The third-order valence-electron chi connectivity index (χ3n) is 13.3. The SMILES string of the molecule is CCCCCCCCCCCCCCCCC(=O)OC[C@H](COC(=O)CCCCCCCCC(C)CC)OC(=O)CCCCCCCCCCCCCCCCCCCCC(C)C. The Morgan fingerprint density at radius 1 is 0.333 bits per heavy atom. The molecule has 0 aromatic rings. The maximum Gasteiger partial charge on any atom is 0.306 e. The molecule has 6 nitrogen and oxygen atoms in total. The molecule has 0 radical (unpaired) electrons. The van der Waals surface area contributed by atoms with Gasteiger partial charge in [-0.15, -0.1) is 0 Å². The highest BCUT2D eigenvalue weighted by Crippen LogP contribution is 2.18. The van der Waals surface area contributed by atoms with Crippen molar-refractivity contribution in [3.63, 3.8) is 0 Å². The van der Waals surface area contributed by atoms with Crippen molar-refractivity contribution in [2.24, 2.45) is 11.8 Å². The summed E-state index contributed by atoms with van der Waals surface area (Å²) in [6.07, 6.45) is 52.4. The van der Waals surface area contributed by atoms with Gasteiger partial charge in [-0.1, -0.05) is 279 Å². The minimum atomic E-state index is -0.762. The molecule has 2 atom stereocenters. The highest BCUT2D eigenvalue weighted by molar-refractivity contribution is 5.71.